The van der Waals surface area contributed by atoms with Gasteiger partial charge in [-0.25, -0.2) is 8.42 Å². The smallest absolute Gasteiger partial charge is 0.248 e. The summed E-state index contributed by atoms with van der Waals surface area (Å²) in [6.45, 7) is 11.9. The number of rotatable bonds is 9. The van der Waals surface area contributed by atoms with Crippen LogP contribution in [0.25, 0.3) is 0 Å². The summed E-state index contributed by atoms with van der Waals surface area (Å²) in [5.41, 5.74) is 6.21. The van der Waals surface area contributed by atoms with Crippen LogP contribution in [0.5, 0.6) is 5.75 Å². The summed E-state index contributed by atoms with van der Waals surface area (Å²) in [4.78, 5) is 16.9. The molecule has 2 aliphatic rings. The molecule has 0 aromatic heterocycles. The van der Waals surface area contributed by atoms with Crippen LogP contribution >= 0.6 is 0 Å². The standard InChI is InChI=1S/C24H40N4O6S/c1-18-12-21(32-5)13-19(2)23(18)35(30,31)28-17-24(3,4)34-15-20(28)14-33-16-22(29)27-10-8-26(7-6-25)9-11-27/h12-13,20H,6-11,14-17,25H2,1-5H3/t20-/m1/s1. The number of nitrogens with two attached hydrogens (primary N) is 1. The molecule has 1 aromatic rings. The van der Waals surface area contributed by atoms with Crippen molar-refractivity contribution in [1.82, 2.24) is 14.1 Å². The van der Waals surface area contributed by atoms with E-state index in [1.165, 1.54) is 4.31 Å². The Kier molecular flexibility index (Phi) is 9.16. The number of benzene rings is 1. The summed E-state index contributed by atoms with van der Waals surface area (Å²) >= 11 is 0. The van der Waals surface area contributed by atoms with E-state index < -0.39 is 21.7 Å². The lowest BCUT2D eigenvalue weighted by atomic mass is 10.1. The minimum Gasteiger partial charge on any atom is -0.497 e. The van der Waals surface area contributed by atoms with Crippen LogP contribution in [0, 0.1) is 13.8 Å². The third kappa shape index (κ3) is 6.72. The van der Waals surface area contributed by atoms with Crippen LogP contribution in [-0.2, 0) is 24.3 Å². The molecule has 1 atom stereocenters. The van der Waals surface area contributed by atoms with Gasteiger partial charge in [-0.3, -0.25) is 9.69 Å². The molecule has 11 heteroatoms. The van der Waals surface area contributed by atoms with E-state index in [2.05, 4.69) is 4.90 Å². The number of hydrogen-bond acceptors (Lipinski definition) is 8. The maximum Gasteiger partial charge on any atom is 0.248 e. The van der Waals surface area contributed by atoms with Crippen LogP contribution in [0.4, 0.5) is 0 Å². The molecule has 0 saturated carbocycles. The summed E-state index contributed by atoms with van der Waals surface area (Å²) in [7, 11) is -2.29. The summed E-state index contributed by atoms with van der Waals surface area (Å²) in [6.07, 6.45) is 0. The number of piperazine rings is 1. The topological polar surface area (TPSA) is 115 Å². The Morgan fingerprint density at radius 1 is 1.17 bits per heavy atom. The zero-order valence-electron chi connectivity index (χ0n) is 21.6. The van der Waals surface area contributed by atoms with E-state index in [-0.39, 0.29) is 37.2 Å². The molecule has 1 aromatic carbocycles. The molecule has 0 aliphatic carbocycles. The van der Waals surface area contributed by atoms with E-state index in [0.29, 0.717) is 36.5 Å². The number of sulfonamides is 1. The molecular formula is C24H40N4O6S. The van der Waals surface area contributed by atoms with Gasteiger partial charge < -0.3 is 24.8 Å². The third-order valence-electron chi connectivity index (χ3n) is 6.55. The fraction of sp³-hybridized carbons (Fsp3) is 0.708. The maximum absolute atomic E-state index is 13.8. The number of morpholine rings is 1. The molecule has 35 heavy (non-hydrogen) atoms. The van der Waals surface area contributed by atoms with E-state index in [9.17, 15) is 13.2 Å². The normalized spacial score (nSPS) is 21.8. The Labute approximate surface area is 209 Å². The van der Waals surface area contributed by atoms with Gasteiger partial charge in [0.25, 0.3) is 0 Å². The molecule has 10 nitrogen and oxygen atoms in total. The lowest BCUT2D eigenvalue weighted by Crippen LogP contribution is -2.57. The van der Waals surface area contributed by atoms with Crippen molar-refractivity contribution in [2.75, 3.05) is 72.7 Å². The second kappa shape index (κ2) is 11.5. The van der Waals surface area contributed by atoms with E-state index >= 15 is 0 Å². The number of ether oxygens (including phenoxy) is 3. The van der Waals surface area contributed by atoms with Gasteiger partial charge in [-0.15, -0.1) is 0 Å². The molecule has 2 N–H and O–H groups in total. The lowest BCUT2D eigenvalue weighted by Gasteiger charge is -2.43. The largest absolute Gasteiger partial charge is 0.497 e. The van der Waals surface area contributed by atoms with Gasteiger partial charge in [-0.2, -0.15) is 4.31 Å². The number of carbonyl (C=O) groups excluding carboxylic acids is 1. The summed E-state index contributed by atoms with van der Waals surface area (Å²) in [6, 6.07) is 2.91. The zero-order valence-corrected chi connectivity index (χ0v) is 22.4. The van der Waals surface area contributed by atoms with Crippen molar-refractivity contribution in [2.45, 2.75) is 44.2 Å². The van der Waals surface area contributed by atoms with E-state index in [4.69, 9.17) is 19.9 Å². The molecule has 2 fully saturated rings. The van der Waals surface area contributed by atoms with Crippen molar-refractivity contribution >= 4 is 15.9 Å². The highest BCUT2D eigenvalue weighted by atomic mass is 32.2. The molecule has 0 radical (unpaired) electrons. The van der Waals surface area contributed by atoms with Gasteiger partial charge >= 0.3 is 0 Å². The highest BCUT2D eigenvalue weighted by Crippen LogP contribution is 2.32. The van der Waals surface area contributed by atoms with Gasteiger partial charge in [0.2, 0.25) is 15.9 Å². The van der Waals surface area contributed by atoms with E-state index in [0.717, 1.165) is 19.6 Å². The van der Waals surface area contributed by atoms with Crippen molar-refractivity contribution < 1.29 is 27.4 Å². The van der Waals surface area contributed by atoms with Crippen LogP contribution in [0.1, 0.15) is 25.0 Å². The quantitative estimate of drug-likeness (QED) is 0.512. The fourth-order valence-corrected chi connectivity index (χ4v) is 6.86. The van der Waals surface area contributed by atoms with Gasteiger partial charge in [-0.05, 0) is 51.0 Å². The minimum absolute atomic E-state index is 0.0719. The Morgan fingerprint density at radius 2 is 1.80 bits per heavy atom. The van der Waals surface area contributed by atoms with E-state index in [1.807, 2.05) is 13.8 Å². The Bertz CT molecular complexity index is 969. The highest BCUT2D eigenvalue weighted by Gasteiger charge is 2.42. The third-order valence-corrected chi connectivity index (χ3v) is 8.76. The highest BCUT2D eigenvalue weighted by molar-refractivity contribution is 7.89. The average Bonchev–Trinajstić information content (AvgIpc) is 2.79. The molecular weight excluding hydrogens is 472 g/mol. The number of aryl methyl sites for hydroxylation is 2. The first kappa shape index (κ1) is 27.8. The molecule has 2 saturated heterocycles. The number of methoxy groups -OCH3 is 1. The van der Waals surface area contributed by atoms with Gasteiger partial charge in [-0.1, -0.05) is 0 Å². The minimum atomic E-state index is -3.84. The van der Waals surface area contributed by atoms with Gasteiger partial charge in [0.1, 0.15) is 12.4 Å². The first-order chi connectivity index (χ1) is 16.5. The summed E-state index contributed by atoms with van der Waals surface area (Å²) < 4.78 is 46.1. The van der Waals surface area contributed by atoms with Gasteiger partial charge in [0.05, 0.1) is 36.9 Å². The predicted octanol–water partition coefficient (Wildman–Crippen LogP) is 0.600. The van der Waals surface area contributed by atoms with Crippen LogP contribution in [-0.4, -0.2) is 113 Å². The Balaban J connectivity index is 1.68. The molecule has 2 heterocycles. The SMILES string of the molecule is COc1cc(C)c(S(=O)(=O)N2CC(C)(C)OC[C@H]2COCC(=O)N2CCN(CCN)CC2)c(C)c1. The van der Waals surface area contributed by atoms with Gasteiger partial charge in [0.15, 0.2) is 0 Å². The maximum atomic E-state index is 13.8. The summed E-state index contributed by atoms with van der Waals surface area (Å²) in [5, 5.41) is 0. The number of hydrogen-bond donors (Lipinski definition) is 1. The van der Waals surface area contributed by atoms with Crippen LogP contribution < -0.4 is 10.5 Å². The summed E-state index contributed by atoms with van der Waals surface area (Å²) in [5.74, 6) is 0.522. The average molecular weight is 513 g/mol. The molecule has 0 unspecified atom stereocenters. The monoisotopic (exact) mass is 512 g/mol. The molecule has 198 valence electrons. The fourth-order valence-electron chi connectivity index (χ4n) is 4.70. The molecule has 1 amide bonds. The second-order valence-electron chi connectivity index (χ2n) is 9.89. The van der Waals surface area contributed by atoms with Crippen molar-refractivity contribution in [3.63, 3.8) is 0 Å². The van der Waals surface area contributed by atoms with Crippen molar-refractivity contribution in [2.24, 2.45) is 5.73 Å². The van der Waals surface area contributed by atoms with E-state index in [1.54, 1.807) is 38.0 Å². The van der Waals surface area contributed by atoms with Crippen molar-refractivity contribution in [3.05, 3.63) is 23.3 Å². The van der Waals surface area contributed by atoms with Gasteiger partial charge in [0, 0.05) is 45.8 Å². The molecule has 0 bridgehead atoms. The van der Waals surface area contributed by atoms with Crippen LogP contribution in [0.15, 0.2) is 17.0 Å². The van der Waals surface area contributed by atoms with Crippen LogP contribution in [0.3, 0.4) is 0 Å². The Morgan fingerprint density at radius 3 is 2.37 bits per heavy atom. The lowest BCUT2D eigenvalue weighted by molar-refractivity contribution is -0.140. The second-order valence-corrected chi connectivity index (χ2v) is 11.7. The molecule has 0 spiro atoms. The number of carbonyl (C=O) groups is 1. The molecule has 3 rings (SSSR count). The number of amides is 1. The van der Waals surface area contributed by atoms with Crippen molar-refractivity contribution in [3.8, 4) is 5.75 Å². The molecule has 2 aliphatic heterocycles. The Hall–Kier alpha value is -1.76. The zero-order chi connectivity index (χ0) is 25.8. The first-order valence-electron chi connectivity index (χ1n) is 12.1. The predicted molar refractivity (Wildman–Crippen MR) is 133 cm³/mol. The first-order valence-corrected chi connectivity index (χ1v) is 13.5. The van der Waals surface area contributed by atoms with Crippen molar-refractivity contribution in [1.29, 1.82) is 0 Å². The van der Waals surface area contributed by atoms with Crippen LogP contribution in [0.2, 0.25) is 0 Å². The number of nitrogens with zero attached hydrogens (tertiary/aromatic N) is 3.